The van der Waals surface area contributed by atoms with E-state index in [0.717, 1.165) is 0 Å². The Bertz CT molecular complexity index is 369. The maximum absolute atomic E-state index is 11.9. The molecule has 76 valence electrons. The molecule has 0 aliphatic heterocycles. The fourth-order valence-electron chi connectivity index (χ4n) is 0.841. The highest BCUT2D eigenvalue weighted by Gasteiger charge is 2.29. The molecule has 0 fully saturated rings. The summed E-state index contributed by atoms with van der Waals surface area (Å²) in [5.74, 6) is 0. The minimum atomic E-state index is -4.29. The quantitative estimate of drug-likeness (QED) is 0.582. The molecule has 6 heteroatoms. The average Bonchev–Trinajstić information content (AvgIpc) is 2.02. The summed E-state index contributed by atoms with van der Waals surface area (Å²) in [5.41, 5.74) is -3.80. The first-order valence-electron chi connectivity index (χ1n) is 3.49. The van der Waals surface area contributed by atoms with Gasteiger partial charge in [-0.2, -0.15) is 13.2 Å². The lowest BCUT2D eigenvalue weighted by molar-refractivity contribution is -0.0328. The molecular weight excluding hydrogens is 233 g/mol. The number of hydrogen-bond donors (Lipinski definition) is 0. The molecule has 1 rings (SSSR count). The van der Waals surface area contributed by atoms with Gasteiger partial charge < -0.3 is 0 Å². The second kappa shape index (κ2) is 4.65. The average molecular weight is 238 g/mol. The predicted molar refractivity (Wildman–Crippen MR) is 51.7 cm³/mol. The van der Waals surface area contributed by atoms with E-state index in [-0.39, 0.29) is 27.9 Å². The van der Waals surface area contributed by atoms with Crippen LogP contribution in [0.1, 0.15) is 5.56 Å². The van der Waals surface area contributed by atoms with Crippen LogP contribution in [0.5, 0.6) is 0 Å². The molecule has 0 aromatic heterocycles. The summed E-state index contributed by atoms with van der Waals surface area (Å²) in [6.07, 6.45) is 0. The second-order valence-electron chi connectivity index (χ2n) is 2.33. The Hall–Kier alpha value is -0.750. The van der Waals surface area contributed by atoms with Gasteiger partial charge in [0.05, 0.1) is 11.3 Å². The van der Waals surface area contributed by atoms with Crippen molar-refractivity contribution in [1.82, 2.24) is 0 Å². The molecule has 0 saturated heterocycles. The summed E-state index contributed by atoms with van der Waals surface area (Å²) >= 11 is 0.0254. The van der Waals surface area contributed by atoms with Crippen LogP contribution < -0.4 is 0 Å². The number of thioether (sulfide) groups is 1. The van der Waals surface area contributed by atoms with Crippen LogP contribution in [0.15, 0.2) is 29.2 Å². The Labute approximate surface area is 86.4 Å². The van der Waals surface area contributed by atoms with Gasteiger partial charge in [-0.25, -0.2) is 4.21 Å². The lowest BCUT2D eigenvalue weighted by atomic mass is 10.2. The second-order valence-corrected chi connectivity index (χ2v) is 3.90. The van der Waals surface area contributed by atoms with E-state index in [2.05, 4.69) is 0 Å². The van der Waals surface area contributed by atoms with E-state index >= 15 is 0 Å². The van der Waals surface area contributed by atoms with Gasteiger partial charge in [-0.3, -0.25) is 0 Å². The van der Waals surface area contributed by atoms with E-state index in [1.54, 1.807) is 6.07 Å². The van der Waals surface area contributed by atoms with Gasteiger partial charge in [0.2, 0.25) is 0 Å². The van der Waals surface area contributed by atoms with Crippen molar-refractivity contribution in [2.45, 2.75) is 10.4 Å². The fraction of sp³-hybridized carbons (Fsp3) is 0.125. The van der Waals surface area contributed by atoms with Gasteiger partial charge in [0.15, 0.2) is 0 Å². The van der Waals surface area contributed by atoms with Crippen LogP contribution in [0.4, 0.5) is 13.2 Å². The van der Waals surface area contributed by atoms with Crippen molar-refractivity contribution in [3.63, 3.8) is 0 Å². The van der Waals surface area contributed by atoms with Crippen molar-refractivity contribution in [2.24, 2.45) is 0 Å². The molecule has 0 aliphatic rings. The van der Waals surface area contributed by atoms with Gasteiger partial charge in [-0.05, 0) is 29.5 Å². The smallest absolute Gasteiger partial charge is 0.212 e. The Kier molecular flexibility index (Phi) is 3.77. The molecule has 0 aliphatic carbocycles. The molecule has 1 nitrogen and oxygen atoms in total. The third-order valence-corrected chi connectivity index (χ3v) is 2.37. The molecule has 1 aromatic rings. The zero-order valence-corrected chi connectivity index (χ0v) is 8.38. The largest absolute Gasteiger partial charge is 0.446 e. The molecule has 0 spiro atoms. The third kappa shape index (κ3) is 3.97. The van der Waals surface area contributed by atoms with Gasteiger partial charge in [-0.1, -0.05) is 12.1 Å². The molecule has 0 amide bonds. The van der Waals surface area contributed by atoms with Gasteiger partial charge >= 0.3 is 5.51 Å². The summed E-state index contributed by atoms with van der Waals surface area (Å²) in [6.45, 7) is 0. The van der Waals surface area contributed by atoms with Crippen molar-refractivity contribution in [3.8, 4) is 0 Å². The molecule has 0 radical (unpaired) electrons. The number of rotatable bonds is 2. The molecule has 14 heavy (non-hydrogen) atoms. The van der Waals surface area contributed by atoms with Crippen LogP contribution in [-0.4, -0.2) is 15.1 Å². The Morgan fingerprint density at radius 3 is 2.57 bits per heavy atom. The molecule has 0 bridgehead atoms. The van der Waals surface area contributed by atoms with E-state index in [1.165, 1.54) is 23.6 Å². The summed E-state index contributed by atoms with van der Waals surface area (Å²) in [4.78, 5) is 0.0836. The molecule has 1 aromatic carbocycles. The van der Waals surface area contributed by atoms with E-state index in [9.17, 15) is 17.4 Å². The predicted octanol–water partition coefficient (Wildman–Crippen LogP) is 2.66. The number of benzene rings is 1. The molecule has 0 saturated carbocycles. The van der Waals surface area contributed by atoms with Crippen LogP contribution in [-0.2, 0) is 11.3 Å². The normalized spacial score (nSPS) is 11.1. The van der Waals surface area contributed by atoms with Crippen LogP contribution in [0, 0.1) is 0 Å². The van der Waals surface area contributed by atoms with Crippen molar-refractivity contribution in [2.75, 3.05) is 0 Å². The Balaban J connectivity index is 2.89. The molecule has 0 unspecified atom stereocenters. The van der Waals surface area contributed by atoms with E-state index in [0.29, 0.717) is 5.56 Å². The lowest BCUT2D eigenvalue weighted by Gasteiger charge is -2.05. The zero-order chi connectivity index (χ0) is 10.6. The van der Waals surface area contributed by atoms with Crippen LogP contribution in [0.2, 0.25) is 0 Å². The van der Waals surface area contributed by atoms with Crippen LogP contribution in [0.3, 0.4) is 0 Å². The Morgan fingerprint density at radius 1 is 1.29 bits per heavy atom. The first-order valence-corrected chi connectivity index (χ1v) is 5.11. The molecule has 0 atom stereocenters. The standard InChI is InChI=1S/C8H5F3OS2/c9-8(10,11)14-7-3-1-2-6(4-7)5-13-12/h1-5H. The van der Waals surface area contributed by atoms with E-state index < -0.39 is 5.51 Å². The number of halogens is 3. The van der Waals surface area contributed by atoms with Crippen LogP contribution in [0.25, 0.3) is 0 Å². The zero-order valence-electron chi connectivity index (χ0n) is 6.75. The minimum Gasteiger partial charge on any atom is -0.212 e. The molecular formula is C8H5F3OS2. The summed E-state index contributed by atoms with van der Waals surface area (Å²) in [7, 11) is 0. The van der Waals surface area contributed by atoms with Crippen molar-refractivity contribution < 1.29 is 17.4 Å². The third-order valence-electron chi connectivity index (χ3n) is 1.28. The SMILES string of the molecule is O=S=Cc1cccc(SC(F)(F)F)c1. The summed E-state index contributed by atoms with van der Waals surface area (Å²) in [5, 5.41) is 1.25. The maximum Gasteiger partial charge on any atom is 0.446 e. The molecule has 0 N–H and O–H groups in total. The van der Waals surface area contributed by atoms with Crippen LogP contribution >= 0.6 is 11.8 Å². The highest BCUT2D eigenvalue weighted by atomic mass is 32.2. The number of alkyl halides is 3. The van der Waals surface area contributed by atoms with E-state index in [4.69, 9.17) is 0 Å². The first kappa shape index (κ1) is 11.3. The summed E-state index contributed by atoms with van der Waals surface area (Å²) in [6, 6.07) is 5.73. The minimum absolute atomic E-state index is 0.0836. The monoisotopic (exact) mass is 238 g/mol. The highest BCUT2D eigenvalue weighted by molar-refractivity contribution is 8.00. The van der Waals surface area contributed by atoms with Gasteiger partial charge in [0.1, 0.15) is 0 Å². The molecule has 0 heterocycles. The van der Waals surface area contributed by atoms with Crippen molar-refractivity contribution >= 4 is 28.4 Å². The topological polar surface area (TPSA) is 17.1 Å². The maximum atomic E-state index is 11.9. The van der Waals surface area contributed by atoms with E-state index in [1.807, 2.05) is 0 Å². The summed E-state index contributed by atoms with van der Waals surface area (Å²) < 4.78 is 46.0. The number of hydrogen-bond acceptors (Lipinski definition) is 2. The van der Waals surface area contributed by atoms with Crippen molar-refractivity contribution in [1.29, 1.82) is 0 Å². The van der Waals surface area contributed by atoms with Gasteiger partial charge in [0, 0.05) is 10.3 Å². The Morgan fingerprint density at radius 2 is 2.00 bits per heavy atom. The lowest BCUT2D eigenvalue weighted by Crippen LogP contribution is -1.99. The first-order chi connectivity index (χ1) is 6.51. The highest BCUT2D eigenvalue weighted by Crippen LogP contribution is 2.36. The van der Waals surface area contributed by atoms with Gasteiger partial charge in [-0.15, -0.1) is 0 Å². The van der Waals surface area contributed by atoms with Crippen molar-refractivity contribution in [3.05, 3.63) is 29.8 Å². The fourth-order valence-corrected chi connectivity index (χ4v) is 1.71. The van der Waals surface area contributed by atoms with Gasteiger partial charge in [0.25, 0.3) is 0 Å².